The fraction of sp³-hybridized carbons (Fsp3) is 0.204. The number of fused-ring (bicyclic) bond motifs is 4. The predicted octanol–water partition coefficient (Wildman–Crippen LogP) is 5.63. The normalized spacial score (nSPS) is 11.3. The van der Waals surface area contributed by atoms with Gasteiger partial charge in [0.05, 0.1) is 112 Å². The fourth-order valence-corrected chi connectivity index (χ4v) is 8.52. The molecule has 0 unspecified atom stereocenters. The van der Waals surface area contributed by atoms with E-state index in [4.69, 9.17) is 37.8 Å². The molecule has 9 rings (SSSR count). The molecule has 0 fully saturated rings. The molecule has 424 valence electrons. The molecule has 4 heterocycles. The maximum absolute atomic E-state index is 13.0. The van der Waals surface area contributed by atoms with Crippen molar-refractivity contribution in [3.63, 3.8) is 0 Å². The first-order chi connectivity index (χ1) is 38.6. The van der Waals surface area contributed by atoms with E-state index in [1.54, 1.807) is 42.5 Å². The lowest BCUT2D eigenvalue weighted by Gasteiger charge is -2.16. The number of halogens is 4. The van der Waals surface area contributed by atoms with E-state index < -0.39 is 93.8 Å². The second-order valence-corrected chi connectivity index (χ2v) is 17.9. The minimum atomic E-state index is -4.64. The zero-order valence-corrected chi connectivity index (χ0v) is 42.8. The summed E-state index contributed by atoms with van der Waals surface area (Å²) in [7, 11) is 0. The molecule has 1 amide bonds. The second-order valence-electron chi connectivity index (χ2n) is 17.5. The van der Waals surface area contributed by atoms with Crippen LogP contribution in [0, 0.1) is 20.2 Å². The molecule has 0 aliphatic heterocycles. The molecule has 5 aromatic carbocycles. The molecule has 0 radical (unpaired) electrons. The van der Waals surface area contributed by atoms with Gasteiger partial charge >= 0.3 is 11.8 Å². The van der Waals surface area contributed by atoms with Crippen molar-refractivity contribution in [3.8, 4) is 0 Å². The molecule has 27 heteroatoms. The van der Waals surface area contributed by atoms with Gasteiger partial charge in [-0.1, -0.05) is 41.9 Å². The van der Waals surface area contributed by atoms with Crippen LogP contribution in [0.5, 0.6) is 0 Å². The SMILES string of the molecule is Nc1cccc2c(=O)n(C(CO)CO)ccc12.O=C(Cc1ccc(Cl)c(C(F)(F)F)c1)Nc1cccc2c(=O)n(C(CO)CO)ccc12.O=c1c2cccc([N+](=O)[O-])c2ccn1C(CO)CO.O=c1occc2c([N+](=O)[O-])cccc12. The number of hydrogen-bond donors (Lipinski definition) is 8. The zero-order valence-electron chi connectivity index (χ0n) is 42.1. The number of carbonyl (C=O) groups is 1. The Morgan fingerprint density at radius 3 is 1.48 bits per heavy atom. The average Bonchev–Trinajstić information content (AvgIpc) is 3.48. The summed E-state index contributed by atoms with van der Waals surface area (Å²) < 4.78 is 47.3. The van der Waals surface area contributed by atoms with Gasteiger partial charge < -0.3 is 59.8 Å². The number of carbonyl (C=O) groups excluding carboxylic acids is 1. The van der Waals surface area contributed by atoms with Crippen LogP contribution >= 0.6 is 11.6 Å². The van der Waals surface area contributed by atoms with Gasteiger partial charge in [0, 0.05) is 63.6 Å². The largest absolute Gasteiger partial charge is 0.431 e. The number of anilines is 2. The van der Waals surface area contributed by atoms with Crippen molar-refractivity contribution in [2.24, 2.45) is 0 Å². The van der Waals surface area contributed by atoms with E-state index in [0.717, 1.165) is 18.4 Å². The third-order valence-corrected chi connectivity index (χ3v) is 12.8. The van der Waals surface area contributed by atoms with Crippen LogP contribution < -0.4 is 33.4 Å². The van der Waals surface area contributed by atoms with Crippen LogP contribution in [-0.4, -0.2) is 99.7 Å². The van der Waals surface area contributed by atoms with Crippen molar-refractivity contribution >= 4 is 83.3 Å². The standard InChI is InChI=1S/C21H18ClF3N2O4.C12H12N2O5.C12H14N2O3.C9H5NO4/c22-17-5-4-12(8-16(17)21(23,24)25)9-19(30)26-18-3-1-2-15-14(18)6-7-27(20(15)31)13(10-28)11-29;15-6-8(7-16)13-5-4-9-10(12(13)17)2-1-3-11(9)14(18)19;13-11-3-1-2-10-9(11)4-5-14(12(10)17)8(6-15)7-16;11-9-7-2-1-3-8(10(12)13)6(7)4-5-14-9/h1-8,13,28-29H,9-11H2,(H,26,30);1-5,8,15-16H,6-7H2;1-5,8,15-16H,6-7,13H2;1-5H. The molecule has 4 aromatic heterocycles. The Morgan fingerprint density at radius 1 is 0.580 bits per heavy atom. The molecule has 9 aromatic rings. The fourth-order valence-electron chi connectivity index (χ4n) is 8.29. The van der Waals surface area contributed by atoms with Gasteiger partial charge in [0.15, 0.2) is 0 Å². The summed E-state index contributed by atoms with van der Waals surface area (Å²) in [5.41, 5.74) is 3.72. The number of nitrogen functional groups attached to an aromatic ring is 1. The number of alkyl halides is 3. The highest BCUT2D eigenvalue weighted by molar-refractivity contribution is 6.31. The van der Waals surface area contributed by atoms with Crippen molar-refractivity contribution in [1.29, 1.82) is 0 Å². The van der Waals surface area contributed by atoms with E-state index >= 15 is 0 Å². The van der Waals surface area contributed by atoms with Gasteiger partial charge in [-0.15, -0.1) is 0 Å². The molecule has 81 heavy (non-hydrogen) atoms. The number of aliphatic hydroxyl groups is 6. The van der Waals surface area contributed by atoms with Crippen molar-refractivity contribution < 1.29 is 62.9 Å². The lowest BCUT2D eigenvalue weighted by Crippen LogP contribution is -2.29. The summed E-state index contributed by atoms with van der Waals surface area (Å²) in [6, 6.07) is 25.5. The van der Waals surface area contributed by atoms with Crippen molar-refractivity contribution in [1.82, 2.24) is 13.7 Å². The van der Waals surface area contributed by atoms with E-state index in [-0.39, 0.29) is 63.7 Å². The van der Waals surface area contributed by atoms with Crippen LogP contribution in [0.3, 0.4) is 0 Å². The Hall–Kier alpha value is -9.15. The molecule has 0 aliphatic carbocycles. The van der Waals surface area contributed by atoms with Crippen LogP contribution in [0.25, 0.3) is 43.1 Å². The number of hydrogen-bond acceptors (Lipinski definition) is 17. The lowest BCUT2D eigenvalue weighted by atomic mass is 10.1. The van der Waals surface area contributed by atoms with E-state index in [2.05, 4.69) is 9.73 Å². The number of rotatable bonds is 14. The first-order valence-corrected chi connectivity index (χ1v) is 24.3. The number of benzene rings is 5. The first kappa shape index (κ1) is 61.1. The number of nitrogens with one attached hydrogen (secondary N) is 1. The van der Waals surface area contributed by atoms with Gasteiger partial charge in [-0.3, -0.25) is 39.4 Å². The highest BCUT2D eigenvalue weighted by Gasteiger charge is 2.33. The summed E-state index contributed by atoms with van der Waals surface area (Å²) in [6.45, 7) is -2.22. The van der Waals surface area contributed by atoms with Crippen molar-refractivity contribution in [2.75, 3.05) is 50.7 Å². The molecule has 0 saturated heterocycles. The van der Waals surface area contributed by atoms with Gasteiger partial charge in [0.2, 0.25) is 5.91 Å². The summed E-state index contributed by atoms with van der Waals surface area (Å²) in [5, 5.41) is 81.4. The second kappa shape index (κ2) is 27.1. The Balaban J connectivity index is 0.000000183. The van der Waals surface area contributed by atoms with Gasteiger partial charge in [0.25, 0.3) is 28.1 Å². The first-order valence-electron chi connectivity index (χ1n) is 23.9. The monoisotopic (exact) mass is 1140 g/mol. The predicted molar refractivity (Wildman–Crippen MR) is 293 cm³/mol. The molecule has 9 N–H and O–H groups in total. The molecule has 0 aliphatic rings. The molecule has 0 bridgehead atoms. The number of nitrogens with zero attached hydrogens (tertiary/aromatic N) is 5. The van der Waals surface area contributed by atoms with Crippen molar-refractivity contribution in [3.05, 3.63) is 218 Å². The third-order valence-electron chi connectivity index (χ3n) is 12.5. The lowest BCUT2D eigenvalue weighted by molar-refractivity contribution is -0.383. The van der Waals surface area contributed by atoms with Crippen molar-refractivity contribution in [2.45, 2.75) is 30.7 Å². The topological polar surface area (TPSA) is 359 Å². The average molecular weight is 1140 g/mol. The molecule has 0 atom stereocenters. The number of non-ortho nitro benzene ring substituents is 2. The zero-order chi connectivity index (χ0) is 59.3. The van der Waals surface area contributed by atoms with E-state index in [1.165, 1.54) is 93.0 Å². The van der Waals surface area contributed by atoms with Gasteiger partial charge in [-0.05, 0) is 78.4 Å². The van der Waals surface area contributed by atoms with Gasteiger partial charge in [-0.25, -0.2) is 4.79 Å². The van der Waals surface area contributed by atoms with E-state index in [9.17, 15) is 67.6 Å². The number of pyridine rings is 3. The Labute approximate surface area is 457 Å². The Bertz CT molecular complexity index is 4010. The van der Waals surface area contributed by atoms with Crippen LogP contribution in [-0.2, 0) is 17.4 Å². The number of aliphatic hydroxyl groups excluding tert-OH is 6. The molecule has 0 spiro atoms. The van der Waals surface area contributed by atoms with Crippen LogP contribution in [0.4, 0.5) is 35.9 Å². The maximum atomic E-state index is 13.0. The van der Waals surface area contributed by atoms with Crippen LogP contribution in [0.1, 0.15) is 29.3 Å². The number of nitrogens with two attached hydrogens (primary N) is 1. The third kappa shape index (κ3) is 14.0. The minimum Gasteiger partial charge on any atom is -0.431 e. The molecular weight excluding hydrogens is 1100 g/mol. The quantitative estimate of drug-likeness (QED) is 0.0372. The van der Waals surface area contributed by atoms with Crippen LogP contribution in [0.15, 0.2) is 164 Å². The minimum absolute atomic E-state index is 0.0876. The number of amides is 1. The summed E-state index contributed by atoms with van der Waals surface area (Å²) in [4.78, 5) is 81.0. The summed E-state index contributed by atoms with van der Waals surface area (Å²) in [5.74, 6) is -0.573. The molecule has 23 nitrogen and oxygen atoms in total. The summed E-state index contributed by atoms with van der Waals surface area (Å²) in [6.07, 6.45) is 0.460. The van der Waals surface area contributed by atoms with E-state index in [0.29, 0.717) is 32.9 Å². The smallest absolute Gasteiger partial charge is 0.417 e. The van der Waals surface area contributed by atoms with Gasteiger partial charge in [-0.2, -0.15) is 13.2 Å². The highest BCUT2D eigenvalue weighted by atomic mass is 35.5. The van der Waals surface area contributed by atoms with E-state index in [1.807, 2.05) is 0 Å². The number of nitro benzene ring substituents is 2. The molecule has 0 saturated carbocycles. The number of nitro groups is 2. The maximum Gasteiger partial charge on any atom is 0.417 e. The Morgan fingerprint density at radius 2 is 1.00 bits per heavy atom. The molecular formula is C54H49ClF3N7O16. The Kier molecular flexibility index (Phi) is 20.5. The van der Waals surface area contributed by atoms with Crippen LogP contribution in [0.2, 0.25) is 5.02 Å². The van der Waals surface area contributed by atoms with Gasteiger partial charge in [0.1, 0.15) is 0 Å². The number of aromatic nitrogens is 3. The highest BCUT2D eigenvalue weighted by Crippen LogP contribution is 2.35. The summed E-state index contributed by atoms with van der Waals surface area (Å²) >= 11 is 5.60.